The van der Waals surface area contributed by atoms with E-state index in [0.29, 0.717) is 24.2 Å². The fourth-order valence-corrected chi connectivity index (χ4v) is 2.74. The van der Waals surface area contributed by atoms with Crippen molar-refractivity contribution >= 4 is 5.97 Å². The number of ether oxygens (including phenoxy) is 2. The lowest BCUT2D eigenvalue weighted by atomic mass is 9.99. The van der Waals surface area contributed by atoms with Gasteiger partial charge in [0.2, 0.25) is 0 Å². The topological polar surface area (TPSA) is 35.5 Å². The van der Waals surface area contributed by atoms with Crippen molar-refractivity contribution in [3.05, 3.63) is 35.9 Å². The molecule has 17 heavy (non-hydrogen) atoms. The van der Waals surface area contributed by atoms with Crippen molar-refractivity contribution in [3.63, 3.8) is 0 Å². The van der Waals surface area contributed by atoms with E-state index in [0.717, 1.165) is 19.3 Å². The third-order valence-corrected chi connectivity index (χ3v) is 3.71. The minimum absolute atomic E-state index is 0.0542. The maximum atomic E-state index is 11.9. The van der Waals surface area contributed by atoms with E-state index in [1.807, 2.05) is 18.2 Å². The molecular formula is C14H16O3. The molecule has 3 nitrogen and oxygen atoms in total. The molecule has 1 aliphatic heterocycles. The average molecular weight is 232 g/mol. The highest BCUT2D eigenvalue weighted by Gasteiger charge is 2.38. The number of carbonyl (C=O) groups is 1. The van der Waals surface area contributed by atoms with Gasteiger partial charge in [0.1, 0.15) is 6.10 Å². The monoisotopic (exact) mass is 232 g/mol. The molecule has 3 heteroatoms. The van der Waals surface area contributed by atoms with Crippen molar-refractivity contribution in [2.75, 3.05) is 6.61 Å². The van der Waals surface area contributed by atoms with Crippen LogP contribution >= 0.6 is 0 Å². The van der Waals surface area contributed by atoms with Crippen LogP contribution in [0, 0.1) is 5.92 Å². The van der Waals surface area contributed by atoms with Gasteiger partial charge >= 0.3 is 5.97 Å². The van der Waals surface area contributed by atoms with Gasteiger partial charge < -0.3 is 9.47 Å². The molecule has 0 N–H and O–H groups in total. The third-order valence-electron chi connectivity index (χ3n) is 3.71. The first-order valence-corrected chi connectivity index (χ1v) is 6.20. The molecule has 3 unspecified atom stereocenters. The van der Waals surface area contributed by atoms with Crippen molar-refractivity contribution in [2.24, 2.45) is 5.92 Å². The second-order valence-corrected chi connectivity index (χ2v) is 4.84. The van der Waals surface area contributed by atoms with Crippen LogP contribution < -0.4 is 0 Å². The highest BCUT2D eigenvalue weighted by molar-refractivity contribution is 5.89. The van der Waals surface area contributed by atoms with Crippen LogP contribution in [0.5, 0.6) is 0 Å². The summed E-state index contributed by atoms with van der Waals surface area (Å²) in [6.07, 6.45) is 3.64. The van der Waals surface area contributed by atoms with E-state index >= 15 is 0 Å². The number of hydrogen-bond donors (Lipinski definition) is 0. The van der Waals surface area contributed by atoms with Gasteiger partial charge in [0.05, 0.1) is 18.3 Å². The standard InChI is InChI=1S/C14H16O3/c15-14(10-4-2-1-3-5-10)17-13-9-16-12-7-6-11(13)8-12/h1-5,11-13H,6-9H2. The second kappa shape index (κ2) is 4.49. The molecule has 1 aliphatic carbocycles. The molecular weight excluding hydrogens is 216 g/mol. The van der Waals surface area contributed by atoms with E-state index in [1.165, 1.54) is 0 Å². The van der Waals surface area contributed by atoms with Crippen LogP contribution in [-0.2, 0) is 9.47 Å². The Morgan fingerprint density at radius 1 is 1.24 bits per heavy atom. The molecule has 2 aliphatic rings. The maximum absolute atomic E-state index is 11.9. The van der Waals surface area contributed by atoms with Crippen molar-refractivity contribution in [1.82, 2.24) is 0 Å². The van der Waals surface area contributed by atoms with Gasteiger partial charge in [-0.1, -0.05) is 18.2 Å². The second-order valence-electron chi connectivity index (χ2n) is 4.84. The Morgan fingerprint density at radius 2 is 2.06 bits per heavy atom. The van der Waals surface area contributed by atoms with Crippen LogP contribution in [0.3, 0.4) is 0 Å². The zero-order valence-corrected chi connectivity index (χ0v) is 9.67. The summed E-state index contributed by atoms with van der Waals surface area (Å²) >= 11 is 0. The molecule has 1 heterocycles. The summed E-state index contributed by atoms with van der Waals surface area (Å²) in [4.78, 5) is 11.9. The normalized spacial score (nSPS) is 31.2. The van der Waals surface area contributed by atoms with Crippen LogP contribution in [0.1, 0.15) is 29.6 Å². The quantitative estimate of drug-likeness (QED) is 0.734. The number of fused-ring (bicyclic) bond motifs is 2. The van der Waals surface area contributed by atoms with Crippen molar-refractivity contribution in [3.8, 4) is 0 Å². The number of carbonyl (C=O) groups excluding carboxylic acids is 1. The van der Waals surface area contributed by atoms with Gasteiger partial charge in [-0.2, -0.15) is 0 Å². The van der Waals surface area contributed by atoms with Gasteiger partial charge in [0.25, 0.3) is 0 Å². The molecule has 2 bridgehead atoms. The summed E-state index contributed by atoms with van der Waals surface area (Å²) < 4.78 is 11.2. The lowest BCUT2D eigenvalue weighted by Crippen LogP contribution is -2.35. The fourth-order valence-electron chi connectivity index (χ4n) is 2.74. The molecule has 1 aromatic rings. The highest BCUT2D eigenvalue weighted by Crippen LogP contribution is 2.36. The molecule has 90 valence electrons. The van der Waals surface area contributed by atoms with E-state index in [1.54, 1.807) is 12.1 Å². The van der Waals surface area contributed by atoms with Gasteiger partial charge in [0, 0.05) is 5.92 Å². The molecule has 1 aromatic carbocycles. The minimum atomic E-state index is -0.232. The van der Waals surface area contributed by atoms with E-state index in [4.69, 9.17) is 9.47 Å². The van der Waals surface area contributed by atoms with Gasteiger partial charge in [-0.15, -0.1) is 0 Å². The average Bonchev–Trinajstić information content (AvgIpc) is 2.77. The fraction of sp³-hybridized carbons (Fsp3) is 0.500. The lowest BCUT2D eigenvalue weighted by molar-refractivity contribution is -0.0692. The van der Waals surface area contributed by atoms with Crippen LogP contribution in [0.4, 0.5) is 0 Å². The van der Waals surface area contributed by atoms with E-state index in [9.17, 15) is 4.79 Å². The maximum Gasteiger partial charge on any atom is 0.338 e. The first kappa shape index (κ1) is 10.8. The Hall–Kier alpha value is -1.35. The Kier molecular flexibility index (Phi) is 2.85. The van der Waals surface area contributed by atoms with E-state index < -0.39 is 0 Å². The van der Waals surface area contributed by atoms with Crippen molar-refractivity contribution in [2.45, 2.75) is 31.5 Å². The summed E-state index contributed by atoms with van der Waals surface area (Å²) in [6.45, 7) is 0.563. The van der Waals surface area contributed by atoms with E-state index in [-0.39, 0.29) is 12.1 Å². The molecule has 1 saturated carbocycles. The van der Waals surface area contributed by atoms with Gasteiger partial charge in [-0.05, 0) is 31.4 Å². The van der Waals surface area contributed by atoms with Gasteiger partial charge in [-0.25, -0.2) is 4.79 Å². The van der Waals surface area contributed by atoms with Crippen LogP contribution in [0.25, 0.3) is 0 Å². The van der Waals surface area contributed by atoms with Crippen LogP contribution in [-0.4, -0.2) is 24.8 Å². The molecule has 0 aromatic heterocycles. The summed E-state index contributed by atoms with van der Waals surface area (Å²) in [5.41, 5.74) is 0.618. The molecule has 0 radical (unpaired) electrons. The minimum Gasteiger partial charge on any atom is -0.456 e. The zero-order chi connectivity index (χ0) is 11.7. The van der Waals surface area contributed by atoms with Crippen molar-refractivity contribution in [1.29, 1.82) is 0 Å². The van der Waals surface area contributed by atoms with Crippen LogP contribution in [0.2, 0.25) is 0 Å². The van der Waals surface area contributed by atoms with Gasteiger partial charge in [-0.3, -0.25) is 0 Å². The molecule has 0 amide bonds. The van der Waals surface area contributed by atoms with Gasteiger partial charge in [0.15, 0.2) is 0 Å². The Morgan fingerprint density at radius 3 is 2.88 bits per heavy atom. The summed E-state index contributed by atoms with van der Waals surface area (Å²) in [5.74, 6) is 0.269. The molecule has 0 spiro atoms. The Balaban J connectivity index is 1.65. The summed E-state index contributed by atoms with van der Waals surface area (Å²) in [5, 5.41) is 0. The van der Waals surface area contributed by atoms with Crippen molar-refractivity contribution < 1.29 is 14.3 Å². The molecule has 3 atom stereocenters. The highest BCUT2D eigenvalue weighted by atomic mass is 16.6. The largest absolute Gasteiger partial charge is 0.456 e. The number of hydrogen-bond acceptors (Lipinski definition) is 3. The smallest absolute Gasteiger partial charge is 0.338 e. The Bertz CT molecular complexity index is 401. The van der Waals surface area contributed by atoms with E-state index in [2.05, 4.69) is 0 Å². The lowest BCUT2D eigenvalue weighted by Gasteiger charge is -2.28. The predicted molar refractivity (Wildman–Crippen MR) is 62.7 cm³/mol. The summed E-state index contributed by atoms with van der Waals surface area (Å²) in [7, 11) is 0. The Labute approximate surface area is 101 Å². The SMILES string of the molecule is O=C(OC1COC2CCC1C2)c1ccccc1. The predicted octanol–water partition coefficient (Wildman–Crippen LogP) is 2.41. The first-order valence-electron chi connectivity index (χ1n) is 6.20. The number of rotatable bonds is 2. The third kappa shape index (κ3) is 2.20. The zero-order valence-electron chi connectivity index (χ0n) is 9.67. The molecule has 1 saturated heterocycles. The number of benzene rings is 1. The number of esters is 1. The first-order chi connectivity index (χ1) is 8.33. The summed E-state index contributed by atoms with van der Waals surface area (Å²) in [6, 6.07) is 9.15. The molecule has 2 fully saturated rings. The van der Waals surface area contributed by atoms with Crippen LogP contribution in [0.15, 0.2) is 30.3 Å². The molecule has 3 rings (SSSR count).